The minimum Gasteiger partial charge on any atom is -0.479 e. The summed E-state index contributed by atoms with van der Waals surface area (Å²) in [6, 6.07) is -2.87. The van der Waals surface area contributed by atoms with E-state index >= 15 is 0 Å². The van der Waals surface area contributed by atoms with Crippen LogP contribution in [-0.4, -0.2) is 218 Å². The molecule has 54 heavy (non-hydrogen) atoms. The molecule has 24 nitrogen and oxygen atoms in total. The Hall–Kier alpha value is -2.76. The van der Waals surface area contributed by atoms with Gasteiger partial charge in [-0.3, -0.25) is 9.59 Å². The van der Waals surface area contributed by atoms with Crippen molar-refractivity contribution in [3.63, 3.8) is 0 Å². The van der Waals surface area contributed by atoms with Gasteiger partial charge in [-0.15, -0.1) is 0 Å². The van der Waals surface area contributed by atoms with E-state index in [1.165, 1.54) is 6.92 Å². The largest absolute Gasteiger partial charge is 0.479 e. The number of carboxylic acid groups (broad SMARTS) is 2. The van der Waals surface area contributed by atoms with Crippen molar-refractivity contribution in [2.45, 2.75) is 143 Å². The molecule has 4 aliphatic rings. The number of ether oxygens (including phenoxy) is 8. The molecule has 4 rings (SSSR count). The molecule has 4 saturated heterocycles. The van der Waals surface area contributed by atoms with Crippen molar-refractivity contribution < 1.29 is 108 Å². The molecule has 4 aliphatic heterocycles. The molecule has 8 unspecified atom stereocenters. The normalized spacial score (nSPS) is 45.6. The fourth-order valence-corrected chi connectivity index (χ4v) is 6.79. The van der Waals surface area contributed by atoms with E-state index in [2.05, 4.69) is 10.6 Å². The maximum atomic E-state index is 12.5. The van der Waals surface area contributed by atoms with Gasteiger partial charge >= 0.3 is 11.9 Å². The summed E-state index contributed by atoms with van der Waals surface area (Å²) in [7, 11) is 1.05. The molecular formula is C30H48N2O22. The van der Waals surface area contributed by atoms with E-state index < -0.39 is 159 Å². The Balaban J connectivity index is 1.62. The quantitative estimate of drug-likeness (QED) is 0.0824. The first-order valence-electron chi connectivity index (χ1n) is 16.8. The topological polar surface area (TPSA) is 368 Å². The van der Waals surface area contributed by atoms with Crippen molar-refractivity contribution in [3.8, 4) is 0 Å². The lowest BCUT2D eigenvalue weighted by Crippen LogP contribution is -2.70. The van der Waals surface area contributed by atoms with Gasteiger partial charge in [0, 0.05) is 21.0 Å². The monoisotopic (exact) mass is 788 g/mol. The molecule has 24 heteroatoms. The highest BCUT2D eigenvalue weighted by Crippen LogP contribution is 2.35. The summed E-state index contributed by atoms with van der Waals surface area (Å²) in [6.45, 7) is 1.96. The van der Waals surface area contributed by atoms with Crippen LogP contribution in [0.15, 0.2) is 0 Å². The summed E-state index contributed by atoms with van der Waals surface area (Å²) in [5.41, 5.74) is 0. The fourth-order valence-electron chi connectivity index (χ4n) is 6.79. The van der Waals surface area contributed by atoms with E-state index in [1.807, 2.05) is 0 Å². The smallest absolute Gasteiger partial charge is 0.335 e. The second kappa shape index (κ2) is 18.5. The van der Waals surface area contributed by atoms with Crippen LogP contribution >= 0.6 is 0 Å². The molecule has 0 aromatic carbocycles. The van der Waals surface area contributed by atoms with Crippen LogP contribution in [0, 0.1) is 0 Å². The SMILES string of the molecule is CO[C@@H]1C(C(=O)O)O[C@@H](O[C@@H]2C(NC(C)=O)[C@H](O[C@@H]3C(C(=O)O)O[C@@H](O[C@@H]4C(NC(C)=O)[C@H](C)OC(CO)[C@H]4O)C(O)[C@H]3O)OC(CO)[C@H]2O)C(O)[C@H]1O. The predicted octanol–water partition coefficient (Wildman–Crippen LogP) is -7.55. The van der Waals surface area contributed by atoms with Crippen LogP contribution in [0.25, 0.3) is 0 Å². The zero-order valence-electron chi connectivity index (χ0n) is 29.3. The van der Waals surface area contributed by atoms with Gasteiger partial charge in [0.15, 0.2) is 31.1 Å². The Morgan fingerprint density at radius 1 is 0.556 bits per heavy atom. The van der Waals surface area contributed by atoms with Crippen LogP contribution in [0.3, 0.4) is 0 Å². The first kappa shape index (κ1) is 44.0. The van der Waals surface area contributed by atoms with E-state index in [0.29, 0.717) is 0 Å². The molecule has 310 valence electrons. The number of carboxylic acids is 2. The molecule has 0 spiro atoms. The van der Waals surface area contributed by atoms with Gasteiger partial charge in [-0.25, -0.2) is 9.59 Å². The molecule has 0 radical (unpaired) electrons. The number of amides is 2. The minimum absolute atomic E-state index is 0.586. The van der Waals surface area contributed by atoms with Crippen molar-refractivity contribution >= 4 is 23.8 Å². The van der Waals surface area contributed by atoms with Crippen LogP contribution in [0.2, 0.25) is 0 Å². The third kappa shape index (κ3) is 9.26. The average molecular weight is 789 g/mol. The molecule has 0 bridgehead atoms. The number of hydrogen-bond acceptors (Lipinski definition) is 20. The molecule has 2 amide bonds. The summed E-state index contributed by atoms with van der Waals surface area (Å²) in [6.07, 6.45) is -32.9. The Kier molecular flexibility index (Phi) is 15.0. The predicted molar refractivity (Wildman–Crippen MR) is 166 cm³/mol. The van der Waals surface area contributed by atoms with Gasteiger partial charge in [0.2, 0.25) is 11.8 Å². The molecule has 20 atom stereocenters. The summed E-state index contributed by atoms with van der Waals surface area (Å²) in [5, 5.41) is 110. The van der Waals surface area contributed by atoms with Crippen molar-refractivity contribution in [2.75, 3.05) is 20.3 Å². The van der Waals surface area contributed by atoms with Crippen molar-refractivity contribution in [2.24, 2.45) is 0 Å². The fraction of sp³-hybridized carbons (Fsp3) is 0.867. The van der Waals surface area contributed by atoms with Crippen molar-refractivity contribution in [3.05, 3.63) is 0 Å². The molecule has 4 fully saturated rings. The van der Waals surface area contributed by atoms with E-state index in [0.717, 1.165) is 21.0 Å². The highest BCUT2D eigenvalue weighted by molar-refractivity contribution is 5.74. The summed E-state index contributed by atoms with van der Waals surface area (Å²) < 4.78 is 44.2. The lowest BCUT2D eigenvalue weighted by Gasteiger charge is -2.50. The number of carbonyl (C=O) groups is 4. The van der Waals surface area contributed by atoms with Gasteiger partial charge in [0.1, 0.15) is 79.3 Å². The first-order valence-corrected chi connectivity index (χ1v) is 16.8. The molecular weight excluding hydrogens is 740 g/mol. The van der Waals surface area contributed by atoms with Crippen LogP contribution in [-0.2, 0) is 57.1 Å². The minimum atomic E-state index is -2.23. The Morgan fingerprint density at radius 2 is 0.963 bits per heavy atom. The van der Waals surface area contributed by atoms with Crippen molar-refractivity contribution in [1.82, 2.24) is 10.6 Å². The average Bonchev–Trinajstić information content (AvgIpc) is 3.10. The summed E-state index contributed by atoms with van der Waals surface area (Å²) >= 11 is 0. The Morgan fingerprint density at radius 3 is 1.41 bits per heavy atom. The highest BCUT2D eigenvalue weighted by atomic mass is 16.8. The van der Waals surface area contributed by atoms with Gasteiger partial charge in [0.05, 0.1) is 25.4 Å². The number of methoxy groups -OCH3 is 1. The number of aliphatic hydroxyl groups excluding tert-OH is 8. The second-order valence-electron chi connectivity index (χ2n) is 13.2. The lowest BCUT2D eigenvalue weighted by atomic mass is 9.92. The zero-order chi connectivity index (χ0) is 40.3. The van der Waals surface area contributed by atoms with E-state index in [-0.39, 0.29) is 0 Å². The maximum Gasteiger partial charge on any atom is 0.335 e. The number of carbonyl (C=O) groups excluding carboxylic acids is 2. The highest BCUT2D eigenvalue weighted by Gasteiger charge is 2.57. The summed E-state index contributed by atoms with van der Waals surface area (Å²) in [5.74, 6) is -4.85. The van der Waals surface area contributed by atoms with E-state index in [1.54, 1.807) is 0 Å². The lowest BCUT2D eigenvalue weighted by molar-refractivity contribution is -0.366. The van der Waals surface area contributed by atoms with E-state index in [9.17, 15) is 70.2 Å². The third-order valence-corrected chi connectivity index (χ3v) is 9.46. The van der Waals surface area contributed by atoms with Crippen molar-refractivity contribution in [1.29, 1.82) is 0 Å². The number of aliphatic carboxylic acids is 2. The standard InChI is InChI=1S/C30H48N2O22/c1-7-12(31-8(2)35)20(14(37)10(5-33)48-7)50-30-19(42)17(40)23(25(54-30)27(45)46)52-28-13(32-9(3)36)21(15(38)11(6-34)49-28)51-29-18(41)16(39)22(47-4)24(53-29)26(43)44/h7,10-25,28-30,33-34,37-42H,5-6H2,1-4H3,(H,31,35)(H,32,36)(H,43,44)(H,45,46)/t7-,10?,11?,12?,13?,14+,15+,16+,17+,18?,19?,20+,21+,22-,23-,24?,25?,28-,29+,30+/m0/s1. The first-order chi connectivity index (χ1) is 25.4. The van der Waals surface area contributed by atoms with Crippen LogP contribution in [0.1, 0.15) is 20.8 Å². The molecule has 0 aromatic rings. The number of hydrogen-bond donors (Lipinski definition) is 12. The molecule has 4 heterocycles. The van der Waals surface area contributed by atoms with Gasteiger partial charge in [0.25, 0.3) is 0 Å². The van der Waals surface area contributed by atoms with E-state index in [4.69, 9.17) is 37.9 Å². The van der Waals surface area contributed by atoms with Gasteiger partial charge in [-0.05, 0) is 6.92 Å². The number of nitrogens with one attached hydrogen (secondary N) is 2. The summed E-state index contributed by atoms with van der Waals surface area (Å²) in [4.78, 5) is 48.7. The van der Waals surface area contributed by atoms with Gasteiger partial charge in [-0.2, -0.15) is 0 Å². The molecule has 12 N–H and O–H groups in total. The Labute approximate surface area is 306 Å². The molecule has 0 saturated carbocycles. The molecule has 0 aromatic heterocycles. The maximum absolute atomic E-state index is 12.5. The van der Waals surface area contributed by atoms with Crippen LogP contribution < -0.4 is 10.6 Å². The molecule has 0 aliphatic carbocycles. The van der Waals surface area contributed by atoms with Crippen LogP contribution in [0.5, 0.6) is 0 Å². The second-order valence-corrected chi connectivity index (χ2v) is 13.2. The number of aliphatic hydroxyl groups is 8. The Bertz CT molecular complexity index is 1310. The third-order valence-electron chi connectivity index (χ3n) is 9.46. The van der Waals surface area contributed by atoms with Crippen LogP contribution in [0.4, 0.5) is 0 Å². The van der Waals surface area contributed by atoms with Gasteiger partial charge in [-0.1, -0.05) is 0 Å². The zero-order valence-corrected chi connectivity index (χ0v) is 29.3. The van der Waals surface area contributed by atoms with Gasteiger partial charge < -0.3 is 99.6 Å². The number of rotatable bonds is 13.